The molecule has 0 bridgehead atoms. The number of carbonyl (C=O) groups is 3. The third-order valence-corrected chi connectivity index (χ3v) is 4.25. The van der Waals surface area contributed by atoms with Crippen molar-refractivity contribution in [2.75, 3.05) is 30.5 Å². The number of benzene rings is 2. The van der Waals surface area contributed by atoms with E-state index in [0.717, 1.165) is 5.69 Å². The van der Waals surface area contributed by atoms with Gasteiger partial charge < -0.3 is 19.7 Å². The number of hydrogen-bond acceptors (Lipinski definition) is 5. The number of hydrogen-bond donors (Lipinski definition) is 1. The van der Waals surface area contributed by atoms with Gasteiger partial charge in [-0.3, -0.25) is 14.4 Å². The zero-order valence-corrected chi connectivity index (χ0v) is 14.9. The van der Waals surface area contributed by atoms with Gasteiger partial charge in [0.15, 0.2) is 6.61 Å². The lowest BCUT2D eigenvalue weighted by Gasteiger charge is -2.16. The number of methoxy groups -OCH3 is 1. The van der Waals surface area contributed by atoms with Gasteiger partial charge in [0.2, 0.25) is 5.91 Å². The molecule has 7 nitrogen and oxygen atoms in total. The van der Waals surface area contributed by atoms with Gasteiger partial charge in [0.1, 0.15) is 5.75 Å². The predicted octanol–water partition coefficient (Wildman–Crippen LogP) is 2.23. The van der Waals surface area contributed by atoms with E-state index in [1.165, 1.54) is 7.11 Å². The normalized spacial score (nSPS) is 16.1. The molecule has 0 aromatic heterocycles. The Hall–Kier alpha value is -3.35. The van der Waals surface area contributed by atoms with Crippen LogP contribution in [0.1, 0.15) is 6.42 Å². The van der Waals surface area contributed by atoms with Gasteiger partial charge in [-0.25, -0.2) is 0 Å². The number of nitrogens with one attached hydrogen (secondary N) is 1. The van der Waals surface area contributed by atoms with Crippen LogP contribution in [0.3, 0.4) is 0 Å². The minimum Gasteiger partial charge on any atom is -0.495 e. The summed E-state index contributed by atoms with van der Waals surface area (Å²) in [5, 5.41) is 2.63. The first kappa shape index (κ1) is 18.4. The predicted molar refractivity (Wildman–Crippen MR) is 99.5 cm³/mol. The van der Waals surface area contributed by atoms with Crippen LogP contribution in [-0.4, -0.2) is 38.0 Å². The Morgan fingerprint density at radius 3 is 2.56 bits per heavy atom. The van der Waals surface area contributed by atoms with Crippen LogP contribution in [0.25, 0.3) is 0 Å². The Balaban J connectivity index is 1.52. The molecule has 1 N–H and O–H groups in total. The number of anilines is 2. The Morgan fingerprint density at radius 1 is 1.11 bits per heavy atom. The highest BCUT2D eigenvalue weighted by Gasteiger charge is 2.36. The third-order valence-electron chi connectivity index (χ3n) is 4.25. The fourth-order valence-electron chi connectivity index (χ4n) is 2.91. The van der Waals surface area contributed by atoms with E-state index in [1.54, 1.807) is 29.2 Å². The summed E-state index contributed by atoms with van der Waals surface area (Å²) in [6.45, 7) is -0.178. The number of ether oxygens (including phenoxy) is 2. The molecule has 1 saturated heterocycles. The maximum absolute atomic E-state index is 12.2. The van der Waals surface area contributed by atoms with Crippen molar-refractivity contribution in [2.45, 2.75) is 6.42 Å². The van der Waals surface area contributed by atoms with Crippen molar-refractivity contribution in [2.24, 2.45) is 5.92 Å². The molecule has 2 aromatic rings. The molecule has 140 valence electrons. The summed E-state index contributed by atoms with van der Waals surface area (Å²) < 4.78 is 10.2. The van der Waals surface area contributed by atoms with Crippen LogP contribution in [0.4, 0.5) is 11.4 Å². The summed E-state index contributed by atoms with van der Waals surface area (Å²) in [5.74, 6) is -1.25. The molecule has 27 heavy (non-hydrogen) atoms. The lowest BCUT2D eigenvalue weighted by atomic mass is 10.1. The lowest BCUT2D eigenvalue weighted by molar-refractivity contribution is -0.151. The number of amides is 2. The van der Waals surface area contributed by atoms with E-state index in [0.29, 0.717) is 11.4 Å². The van der Waals surface area contributed by atoms with Gasteiger partial charge in [0.05, 0.1) is 18.7 Å². The van der Waals surface area contributed by atoms with E-state index < -0.39 is 24.4 Å². The molecule has 1 heterocycles. The van der Waals surface area contributed by atoms with Gasteiger partial charge in [-0.05, 0) is 24.3 Å². The summed E-state index contributed by atoms with van der Waals surface area (Å²) in [7, 11) is 1.50. The first-order chi connectivity index (χ1) is 13.1. The van der Waals surface area contributed by atoms with Crippen molar-refractivity contribution in [1.82, 2.24) is 0 Å². The minimum atomic E-state index is -0.586. The molecule has 2 amide bonds. The average molecular weight is 368 g/mol. The average Bonchev–Trinajstić information content (AvgIpc) is 3.09. The second-order valence-electron chi connectivity index (χ2n) is 6.10. The van der Waals surface area contributed by atoms with Gasteiger partial charge in [-0.2, -0.15) is 0 Å². The van der Waals surface area contributed by atoms with Crippen LogP contribution in [-0.2, 0) is 19.1 Å². The molecule has 1 aliphatic heterocycles. The smallest absolute Gasteiger partial charge is 0.311 e. The molecule has 2 aromatic carbocycles. The zero-order chi connectivity index (χ0) is 19.2. The van der Waals surface area contributed by atoms with E-state index in [-0.39, 0.29) is 18.9 Å². The number of carbonyl (C=O) groups excluding carboxylic acids is 3. The summed E-state index contributed by atoms with van der Waals surface area (Å²) in [4.78, 5) is 38.0. The molecule has 1 atom stereocenters. The molecule has 0 unspecified atom stereocenters. The standard InChI is InChI=1S/C20H20N2O5/c1-26-17-10-6-5-9-16(17)21-18(23)13-27-20(25)14-11-19(24)22(12-14)15-7-3-2-4-8-15/h2-10,14H,11-13H2,1H3,(H,21,23)/t14-/m1/s1. The molecular formula is C20H20N2O5. The maximum Gasteiger partial charge on any atom is 0.311 e. The highest BCUT2D eigenvalue weighted by Crippen LogP contribution is 2.26. The second-order valence-corrected chi connectivity index (χ2v) is 6.10. The van der Waals surface area contributed by atoms with Gasteiger partial charge in [0, 0.05) is 18.7 Å². The Labute approximate surface area is 156 Å². The molecular weight excluding hydrogens is 348 g/mol. The Morgan fingerprint density at radius 2 is 1.81 bits per heavy atom. The van der Waals surface area contributed by atoms with Crippen molar-refractivity contribution < 1.29 is 23.9 Å². The van der Waals surface area contributed by atoms with Crippen molar-refractivity contribution in [3.8, 4) is 5.75 Å². The van der Waals surface area contributed by atoms with E-state index in [2.05, 4.69) is 5.32 Å². The molecule has 1 fully saturated rings. The number of rotatable bonds is 6. The highest BCUT2D eigenvalue weighted by molar-refractivity contribution is 6.00. The van der Waals surface area contributed by atoms with Crippen LogP contribution in [0, 0.1) is 5.92 Å². The highest BCUT2D eigenvalue weighted by atomic mass is 16.5. The van der Waals surface area contributed by atoms with Crippen molar-refractivity contribution in [3.63, 3.8) is 0 Å². The van der Waals surface area contributed by atoms with Crippen molar-refractivity contribution >= 4 is 29.2 Å². The summed E-state index contributed by atoms with van der Waals surface area (Å²) in [6.07, 6.45) is 0.0713. The molecule has 7 heteroatoms. The van der Waals surface area contributed by atoms with Crippen LogP contribution in [0.5, 0.6) is 5.75 Å². The van der Waals surface area contributed by atoms with Crippen LogP contribution in [0.15, 0.2) is 54.6 Å². The SMILES string of the molecule is COc1ccccc1NC(=O)COC(=O)[C@@H]1CC(=O)N(c2ccccc2)C1. The summed E-state index contributed by atoms with van der Waals surface area (Å²) >= 11 is 0. The van der Waals surface area contributed by atoms with Crippen LogP contribution in [0.2, 0.25) is 0 Å². The van der Waals surface area contributed by atoms with Gasteiger partial charge >= 0.3 is 5.97 Å². The minimum absolute atomic E-state index is 0.0713. The first-order valence-electron chi connectivity index (χ1n) is 8.53. The fraction of sp³-hybridized carbons (Fsp3) is 0.250. The number of para-hydroxylation sites is 3. The third kappa shape index (κ3) is 4.44. The second kappa shape index (κ2) is 8.35. The molecule has 3 rings (SSSR count). The van der Waals surface area contributed by atoms with Crippen LogP contribution >= 0.6 is 0 Å². The van der Waals surface area contributed by atoms with Crippen molar-refractivity contribution in [1.29, 1.82) is 0 Å². The molecule has 0 spiro atoms. The van der Waals surface area contributed by atoms with Crippen LogP contribution < -0.4 is 15.0 Å². The van der Waals surface area contributed by atoms with E-state index in [9.17, 15) is 14.4 Å². The number of esters is 1. The quantitative estimate of drug-likeness (QED) is 0.791. The Bertz CT molecular complexity index is 837. The zero-order valence-electron chi connectivity index (χ0n) is 14.9. The van der Waals surface area contributed by atoms with E-state index in [4.69, 9.17) is 9.47 Å². The first-order valence-corrected chi connectivity index (χ1v) is 8.53. The largest absolute Gasteiger partial charge is 0.495 e. The van der Waals surface area contributed by atoms with Gasteiger partial charge in [-0.15, -0.1) is 0 Å². The molecule has 0 aliphatic carbocycles. The monoisotopic (exact) mass is 368 g/mol. The van der Waals surface area contributed by atoms with E-state index in [1.807, 2.05) is 30.3 Å². The van der Waals surface area contributed by atoms with Gasteiger partial charge in [-0.1, -0.05) is 30.3 Å². The molecule has 0 saturated carbocycles. The lowest BCUT2D eigenvalue weighted by Crippen LogP contribution is -2.28. The summed E-state index contributed by atoms with van der Waals surface area (Å²) in [5.41, 5.74) is 1.24. The fourth-order valence-corrected chi connectivity index (χ4v) is 2.91. The van der Waals surface area contributed by atoms with Gasteiger partial charge in [0.25, 0.3) is 5.91 Å². The topological polar surface area (TPSA) is 84.9 Å². The number of nitrogens with zero attached hydrogens (tertiary/aromatic N) is 1. The molecule has 1 aliphatic rings. The summed E-state index contributed by atoms with van der Waals surface area (Å²) in [6, 6.07) is 16.1. The van der Waals surface area contributed by atoms with E-state index >= 15 is 0 Å². The Kier molecular flexibility index (Phi) is 5.71. The van der Waals surface area contributed by atoms with Crippen molar-refractivity contribution in [3.05, 3.63) is 54.6 Å². The molecule has 0 radical (unpaired) electrons. The maximum atomic E-state index is 12.2.